The molecule has 0 spiro atoms. The molecule has 6 nitrogen and oxygen atoms in total. The lowest BCUT2D eigenvalue weighted by molar-refractivity contribution is 0.0532. The Balaban J connectivity index is 1.43. The molecule has 2 aromatic carbocycles. The minimum atomic E-state index is -0.902. The van der Waals surface area contributed by atoms with Crippen LogP contribution in [0.4, 0.5) is 0 Å². The number of halogens is 1. The van der Waals surface area contributed by atoms with E-state index in [-0.39, 0.29) is 18.6 Å². The highest BCUT2D eigenvalue weighted by molar-refractivity contribution is 6.30. The molecule has 1 aliphatic rings. The maximum absolute atomic E-state index is 9.52. The number of nitrogens with zero attached hydrogens (tertiary/aromatic N) is 2. The van der Waals surface area contributed by atoms with Gasteiger partial charge in [0.05, 0.1) is 6.61 Å². The SMILES string of the molecule is Cc1cc(-c2noc(CCC3(c4ccc(Cl)cc4)CC3)n2)cc(C)c1OC[C@@H](O)CO. The van der Waals surface area contributed by atoms with Crippen LogP contribution < -0.4 is 4.74 Å². The van der Waals surface area contributed by atoms with E-state index in [0.717, 1.165) is 34.6 Å². The van der Waals surface area contributed by atoms with E-state index in [1.165, 1.54) is 18.4 Å². The number of aryl methyl sites for hydroxylation is 3. The molecule has 0 saturated heterocycles. The quantitative estimate of drug-likeness (QED) is 0.510. The first-order chi connectivity index (χ1) is 14.9. The third-order valence-corrected chi connectivity index (χ3v) is 6.20. The minimum absolute atomic E-state index is 0.0409. The van der Waals surface area contributed by atoms with Crippen LogP contribution in [0.25, 0.3) is 11.4 Å². The molecule has 0 bridgehead atoms. The van der Waals surface area contributed by atoms with E-state index in [4.69, 9.17) is 26.0 Å². The Morgan fingerprint density at radius 1 is 1.16 bits per heavy atom. The summed E-state index contributed by atoms with van der Waals surface area (Å²) in [5.74, 6) is 1.88. The van der Waals surface area contributed by atoms with Crippen molar-refractivity contribution >= 4 is 11.6 Å². The Morgan fingerprint density at radius 3 is 2.45 bits per heavy atom. The van der Waals surface area contributed by atoms with Gasteiger partial charge in [-0.1, -0.05) is 28.9 Å². The molecule has 2 N–H and O–H groups in total. The second-order valence-electron chi connectivity index (χ2n) is 8.39. The number of rotatable bonds is 9. The molecule has 3 aromatic rings. The first kappa shape index (κ1) is 21.8. The van der Waals surface area contributed by atoms with Crippen LogP contribution in [-0.4, -0.2) is 39.7 Å². The maximum atomic E-state index is 9.52. The van der Waals surface area contributed by atoms with E-state index in [9.17, 15) is 5.11 Å². The van der Waals surface area contributed by atoms with Crippen molar-refractivity contribution < 1.29 is 19.5 Å². The zero-order valence-electron chi connectivity index (χ0n) is 17.8. The number of hydrogen-bond donors (Lipinski definition) is 2. The number of aromatic nitrogens is 2. The van der Waals surface area contributed by atoms with Crippen LogP contribution in [0.2, 0.25) is 5.02 Å². The van der Waals surface area contributed by atoms with Gasteiger partial charge >= 0.3 is 0 Å². The van der Waals surface area contributed by atoms with Gasteiger partial charge < -0.3 is 19.5 Å². The van der Waals surface area contributed by atoms with Crippen LogP contribution >= 0.6 is 11.6 Å². The summed E-state index contributed by atoms with van der Waals surface area (Å²) in [6.07, 6.45) is 3.13. The van der Waals surface area contributed by atoms with Gasteiger partial charge in [0.15, 0.2) is 0 Å². The van der Waals surface area contributed by atoms with Crippen LogP contribution in [0.15, 0.2) is 40.9 Å². The van der Waals surface area contributed by atoms with Crippen LogP contribution in [-0.2, 0) is 11.8 Å². The van der Waals surface area contributed by atoms with Crippen molar-refractivity contribution in [1.29, 1.82) is 0 Å². The molecule has 0 amide bonds. The number of ether oxygens (including phenoxy) is 1. The summed E-state index contributed by atoms with van der Waals surface area (Å²) in [6, 6.07) is 12.0. The first-order valence-electron chi connectivity index (χ1n) is 10.5. The second-order valence-corrected chi connectivity index (χ2v) is 8.82. The largest absolute Gasteiger partial charge is 0.490 e. The normalized spacial score (nSPS) is 15.6. The number of hydrogen-bond acceptors (Lipinski definition) is 6. The predicted molar refractivity (Wildman–Crippen MR) is 118 cm³/mol. The van der Waals surface area contributed by atoms with Crippen molar-refractivity contribution in [3.8, 4) is 17.1 Å². The lowest BCUT2D eigenvalue weighted by Crippen LogP contribution is -2.21. The van der Waals surface area contributed by atoms with Gasteiger partial charge in [0.1, 0.15) is 18.5 Å². The fraction of sp³-hybridized carbons (Fsp3) is 0.417. The lowest BCUT2D eigenvalue weighted by Gasteiger charge is -2.15. The van der Waals surface area contributed by atoms with E-state index in [1.807, 2.05) is 38.1 Å². The Kier molecular flexibility index (Phi) is 6.32. The Hall–Kier alpha value is -2.41. The molecule has 1 fully saturated rings. The van der Waals surface area contributed by atoms with Gasteiger partial charge in [-0.05, 0) is 79.5 Å². The molecule has 1 aliphatic carbocycles. The van der Waals surface area contributed by atoms with Gasteiger partial charge in [-0.15, -0.1) is 0 Å². The van der Waals surface area contributed by atoms with Crippen LogP contribution in [0, 0.1) is 13.8 Å². The maximum Gasteiger partial charge on any atom is 0.226 e. The van der Waals surface area contributed by atoms with Gasteiger partial charge in [0, 0.05) is 17.0 Å². The van der Waals surface area contributed by atoms with Gasteiger partial charge in [0.2, 0.25) is 11.7 Å². The zero-order chi connectivity index (χ0) is 22.0. The van der Waals surface area contributed by atoms with Crippen molar-refractivity contribution in [2.75, 3.05) is 13.2 Å². The molecule has 4 rings (SSSR count). The molecule has 0 unspecified atom stereocenters. The molecule has 1 saturated carbocycles. The predicted octanol–water partition coefficient (Wildman–Crippen LogP) is 4.40. The number of aliphatic hydroxyl groups excluding tert-OH is 2. The third-order valence-electron chi connectivity index (χ3n) is 5.94. The summed E-state index contributed by atoms with van der Waals surface area (Å²) >= 11 is 6.02. The second kappa shape index (κ2) is 8.99. The molecule has 7 heteroatoms. The monoisotopic (exact) mass is 442 g/mol. The molecule has 0 aliphatic heterocycles. The Bertz CT molecular complexity index is 1020. The van der Waals surface area contributed by atoms with Gasteiger partial charge in [0.25, 0.3) is 0 Å². The average Bonchev–Trinajstić information content (AvgIpc) is 3.40. The fourth-order valence-corrected chi connectivity index (χ4v) is 4.12. The van der Waals surface area contributed by atoms with Crippen molar-refractivity contribution in [3.05, 3.63) is 64.0 Å². The minimum Gasteiger partial charge on any atom is -0.490 e. The van der Waals surface area contributed by atoms with E-state index >= 15 is 0 Å². The molecule has 31 heavy (non-hydrogen) atoms. The topological polar surface area (TPSA) is 88.6 Å². The Morgan fingerprint density at radius 2 is 1.84 bits per heavy atom. The molecular formula is C24H27ClN2O4. The first-order valence-corrected chi connectivity index (χ1v) is 10.9. The van der Waals surface area contributed by atoms with Crippen LogP contribution in [0.5, 0.6) is 5.75 Å². The van der Waals surface area contributed by atoms with Crippen LogP contribution in [0.3, 0.4) is 0 Å². The molecule has 164 valence electrons. The summed E-state index contributed by atoms with van der Waals surface area (Å²) in [6.45, 7) is 3.57. The zero-order valence-corrected chi connectivity index (χ0v) is 18.5. The summed E-state index contributed by atoms with van der Waals surface area (Å²) in [5.41, 5.74) is 4.20. The molecular weight excluding hydrogens is 416 g/mol. The summed E-state index contributed by atoms with van der Waals surface area (Å²) in [5, 5.41) is 23.4. The van der Waals surface area contributed by atoms with Crippen LogP contribution in [0.1, 0.15) is 41.8 Å². The van der Waals surface area contributed by atoms with Crippen molar-refractivity contribution in [2.45, 2.75) is 51.0 Å². The highest BCUT2D eigenvalue weighted by Gasteiger charge is 2.43. The molecule has 0 radical (unpaired) electrons. The number of benzene rings is 2. The van der Waals surface area contributed by atoms with E-state index in [2.05, 4.69) is 22.3 Å². The van der Waals surface area contributed by atoms with Gasteiger partial charge in [-0.2, -0.15) is 4.98 Å². The lowest BCUT2D eigenvalue weighted by atomic mass is 9.91. The molecule has 1 atom stereocenters. The standard InChI is InChI=1S/C24H27ClN2O4/c1-15-11-17(12-16(2)22(15)30-14-20(29)13-28)23-26-21(31-27-23)7-8-24(9-10-24)18-3-5-19(25)6-4-18/h3-6,11-12,20,28-29H,7-10,13-14H2,1-2H3/t20-/m0/s1. The summed E-state index contributed by atoms with van der Waals surface area (Å²) < 4.78 is 11.2. The van der Waals surface area contributed by atoms with E-state index in [0.29, 0.717) is 17.5 Å². The van der Waals surface area contributed by atoms with Crippen molar-refractivity contribution in [1.82, 2.24) is 10.1 Å². The molecule has 1 aromatic heterocycles. The van der Waals surface area contributed by atoms with E-state index in [1.54, 1.807) is 0 Å². The highest BCUT2D eigenvalue weighted by Crippen LogP contribution is 2.51. The molecule has 1 heterocycles. The fourth-order valence-electron chi connectivity index (χ4n) is 4.00. The number of aliphatic hydroxyl groups is 2. The average molecular weight is 443 g/mol. The highest BCUT2D eigenvalue weighted by atomic mass is 35.5. The summed E-state index contributed by atoms with van der Waals surface area (Å²) in [7, 11) is 0. The van der Waals surface area contributed by atoms with Crippen molar-refractivity contribution in [2.24, 2.45) is 0 Å². The van der Waals surface area contributed by atoms with Gasteiger partial charge in [-0.25, -0.2) is 0 Å². The van der Waals surface area contributed by atoms with Crippen molar-refractivity contribution in [3.63, 3.8) is 0 Å². The third kappa shape index (κ3) is 4.92. The summed E-state index contributed by atoms with van der Waals surface area (Å²) in [4.78, 5) is 4.61. The van der Waals surface area contributed by atoms with Gasteiger partial charge in [-0.3, -0.25) is 0 Å². The smallest absolute Gasteiger partial charge is 0.226 e. The van der Waals surface area contributed by atoms with E-state index < -0.39 is 6.10 Å². The Labute approximate surface area is 186 Å².